The van der Waals surface area contributed by atoms with Gasteiger partial charge in [-0.2, -0.15) is 0 Å². The molecular weight excluding hydrogens is 216 g/mol. The molecule has 0 unspecified atom stereocenters. The van der Waals surface area contributed by atoms with Gasteiger partial charge in [0.25, 0.3) is 0 Å². The molecule has 0 spiro atoms. The Morgan fingerprint density at radius 1 is 1.35 bits per heavy atom. The highest BCUT2D eigenvalue weighted by Crippen LogP contribution is 2.09. The van der Waals surface area contributed by atoms with E-state index in [9.17, 15) is 0 Å². The second-order valence-corrected chi connectivity index (χ2v) is 3.54. The number of hydrogen-bond acceptors (Lipinski definition) is 3. The monoisotopic (exact) mass is 236 g/mol. The number of methoxy groups -OCH3 is 1. The Balaban J connectivity index is 2.57. The lowest BCUT2D eigenvalue weighted by atomic mass is 10.1. The zero-order valence-electron chi connectivity index (χ0n) is 10.4. The summed E-state index contributed by atoms with van der Waals surface area (Å²) in [6.07, 6.45) is 1.03. The van der Waals surface area contributed by atoms with Gasteiger partial charge in [0.15, 0.2) is 0 Å². The largest absolute Gasteiger partial charge is 0.383 e. The van der Waals surface area contributed by atoms with E-state index >= 15 is 0 Å². The van der Waals surface area contributed by atoms with Gasteiger partial charge in [-0.05, 0) is 24.1 Å². The quantitative estimate of drug-likeness (QED) is 0.235. The summed E-state index contributed by atoms with van der Waals surface area (Å²) >= 11 is 0. The molecule has 1 aromatic rings. The fourth-order valence-corrected chi connectivity index (χ4v) is 1.33. The first-order chi connectivity index (χ1) is 8.30. The SMILES string of the molecule is CCc1ccc(NC(=NCCOC)NN)cc1. The van der Waals surface area contributed by atoms with E-state index < -0.39 is 0 Å². The van der Waals surface area contributed by atoms with Crippen LogP contribution in [0.3, 0.4) is 0 Å². The van der Waals surface area contributed by atoms with Gasteiger partial charge in [0, 0.05) is 12.8 Å². The minimum Gasteiger partial charge on any atom is -0.383 e. The lowest BCUT2D eigenvalue weighted by Crippen LogP contribution is -2.36. The molecule has 17 heavy (non-hydrogen) atoms. The highest BCUT2D eigenvalue weighted by atomic mass is 16.5. The number of guanidine groups is 1. The van der Waals surface area contributed by atoms with E-state index in [0.717, 1.165) is 12.1 Å². The van der Waals surface area contributed by atoms with E-state index in [1.807, 2.05) is 12.1 Å². The Morgan fingerprint density at radius 3 is 2.59 bits per heavy atom. The fraction of sp³-hybridized carbons (Fsp3) is 0.417. The Kier molecular flexibility index (Phi) is 6.06. The van der Waals surface area contributed by atoms with E-state index in [4.69, 9.17) is 10.6 Å². The van der Waals surface area contributed by atoms with Crippen molar-refractivity contribution < 1.29 is 4.74 Å². The number of hydrogen-bond donors (Lipinski definition) is 3. The predicted octanol–water partition coefficient (Wildman–Crippen LogP) is 1.13. The number of rotatable bonds is 5. The van der Waals surface area contributed by atoms with Crippen LogP contribution in [0.2, 0.25) is 0 Å². The van der Waals surface area contributed by atoms with Gasteiger partial charge in [-0.3, -0.25) is 5.43 Å². The third-order valence-corrected chi connectivity index (χ3v) is 2.33. The molecule has 0 radical (unpaired) electrons. The Bertz CT molecular complexity index is 348. The molecule has 0 aliphatic carbocycles. The molecule has 0 aromatic heterocycles. The summed E-state index contributed by atoms with van der Waals surface area (Å²) in [5, 5.41) is 3.10. The summed E-state index contributed by atoms with van der Waals surface area (Å²) in [5.41, 5.74) is 4.78. The summed E-state index contributed by atoms with van der Waals surface area (Å²) in [7, 11) is 1.64. The summed E-state index contributed by atoms with van der Waals surface area (Å²) in [5.74, 6) is 5.91. The van der Waals surface area contributed by atoms with Crippen LogP contribution in [0.4, 0.5) is 5.69 Å². The first-order valence-corrected chi connectivity index (χ1v) is 5.66. The molecule has 5 heteroatoms. The normalized spacial score (nSPS) is 11.4. The topological polar surface area (TPSA) is 71.7 Å². The summed E-state index contributed by atoms with van der Waals surface area (Å²) in [6, 6.07) is 8.15. The van der Waals surface area contributed by atoms with Crippen LogP contribution in [-0.4, -0.2) is 26.2 Å². The summed E-state index contributed by atoms with van der Waals surface area (Å²) < 4.78 is 4.91. The molecule has 0 amide bonds. The molecule has 0 fully saturated rings. The predicted molar refractivity (Wildman–Crippen MR) is 70.9 cm³/mol. The second kappa shape index (κ2) is 7.65. The number of aryl methyl sites for hydroxylation is 1. The number of nitrogens with zero attached hydrogens (tertiary/aromatic N) is 1. The highest BCUT2D eigenvalue weighted by molar-refractivity contribution is 5.93. The zero-order chi connectivity index (χ0) is 12.5. The van der Waals surface area contributed by atoms with Crippen LogP contribution >= 0.6 is 0 Å². The molecule has 0 aliphatic heterocycles. The van der Waals surface area contributed by atoms with E-state index in [0.29, 0.717) is 19.1 Å². The van der Waals surface area contributed by atoms with Crippen LogP contribution in [0.5, 0.6) is 0 Å². The van der Waals surface area contributed by atoms with Crippen molar-refractivity contribution in [3.63, 3.8) is 0 Å². The molecule has 0 atom stereocenters. The minimum absolute atomic E-state index is 0.534. The van der Waals surface area contributed by atoms with Crippen molar-refractivity contribution in [3.8, 4) is 0 Å². The molecule has 94 valence electrons. The standard InChI is InChI=1S/C12H20N4O/c1-3-10-4-6-11(7-5-10)15-12(16-13)14-8-9-17-2/h4-7H,3,8-9,13H2,1-2H3,(H2,14,15,16). The number of aliphatic imine (C=N–C) groups is 1. The zero-order valence-corrected chi connectivity index (χ0v) is 10.4. The molecule has 1 rings (SSSR count). The Labute approximate surface area is 102 Å². The van der Waals surface area contributed by atoms with Crippen molar-refractivity contribution in [1.29, 1.82) is 0 Å². The molecule has 0 bridgehead atoms. The molecule has 0 aliphatic rings. The molecule has 0 heterocycles. The van der Waals surface area contributed by atoms with Crippen molar-refractivity contribution in [2.24, 2.45) is 10.8 Å². The molecular formula is C12H20N4O. The molecule has 0 saturated carbocycles. The van der Waals surface area contributed by atoms with Crippen molar-refractivity contribution in [2.75, 3.05) is 25.6 Å². The van der Waals surface area contributed by atoms with Crippen LogP contribution in [0.25, 0.3) is 0 Å². The van der Waals surface area contributed by atoms with Gasteiger partial charge in [0.1, 0.15) is 0 Å². The van der Waals surface area contributed by atoms with E-state index in [2.05, 4.69) is 34.8 Å². The van der Waals surface area contributed by atoms with Crippen LogP contribution in [-0.2, 0) is 11.2 Å². The Hall–Kier alpha value is -1.59. The number of nitrogens with two attached hydrogens (primary N) is 1. The van der Waals surface area contributed by atoms with Gasteiger partial charge in [-0.25, -0.2) is 10.8 Å². The third-order valence-electron chi connectivity index (χ3n) is 2.33. The van der Waals surface area contributed by atoms with Crippen molar-refractivity contribution in [3.05, 3.63) is 29.8 Å². The van der Waals surface area contributed by atoms with Gasteiger partial charge in [-0.15, -0.1) is 0 Å². The van der Waals surface area contributed by atoms with E-state index in [1.165, 1.54) is 5.56 Å². The number of anilines is 1. The fourth-order valence-electron chi connectivity index (χ4n) is 1.33. The highest BCUT2D eigenvalue weighted by Gasteiger charge is 1.97. The Morgan fingerprint density at radius 2 is 2.06 bits per heavy atom. The molecule has 0 saturated heterocycles. The molecule has 5 nitrogen and oxygen atoms in total. The first-order valence-electron chi connectivity index (χ1n) is 5.66. The number of hydrazine groups is 1. The van der Waals surface area contributed by atoms with Gasteiger partial charge in [-0.1, -0.05) is 19.1 Å². The number of nitrogens with one attached hydrogen (secondary N) is 2. The van der Waals surface area contributed by atoms with Crippen LogP contribution in [0, 0.1) is 0 Å². The maximum atomic E-state index is 5.37. The third kappa shape index (κ3) is 4.84. The average Bonchev–Trinajstić information content (AvgIpc) is 2.38. The lowest BCUT2D eigenvalue weighted by molar-refractivity contribution is 0.208. The van der Waals surface area contributed by atoms with Gasteiger partial charge in [0.05, 0.1) is 13.2 Å². The summed E-state index contributed by atoms with van der Waals surface area (Å²) in [6.45, 7) is 3.26. The van der Waals surface area contributed by atoms with Crippen molar-refractivity contribution in [1.82, 2.24) is 5.43 Å². The lowest BCUT2D eigenvalue weighted by Gasteiger charge is -2.09. The van der Waals surface area contributed by atoms with E-state index in [-0.39, 0.29) is 0 Å². The van der Waals surface area contributed by atoms with E-state index in [1.54, 1.807) is 7.11 Å². The summed E-state index contributed by atoms with van der Waals surface area (Å²) in [4.78, 5) is 4.21. The number of benzene rings is 1. The average molecular weight is 236 g/mol. The minimum atomic E-state index is 0.534. The second-order valence-electron chi connectivity index (χ2n) is 3.54. The molecule has 1 aromatic carbocycles. The first kappa shape index (κ1) is 13.5. The smallest absolute Gasteiger partial charge is 0.210 e. The van der Waals surface area contributed by atoms with Gasteiger partial charge in [0.2, 0.25) is 5.96 Å². The van der Waals surface area contributed by atoms with Crippen molar-refractivity contribution in [2.45, 2.75) is 13.3 Å². The molecule has 4 N–H and O–H groups in total. The maximum Gasteiger partial charge on any atom is 0.210 e. The van der Waals surface area contributed by atoms with Crippen LogP contribution in [0.1, 0.15) is 12.5 Å². The maximum absolute atomic E-state index is 5.37. The van der Waals surface area contributed by atoms with Crippen LogP contribution < -0.4 is 16.6 Å². The van der Waals surface area contributed by atoms with Crippen molar-refractivity contribution >= 4 is 11.6 Å². The van der Waals surface area contributed by atoms with Crippen LogP contribution in [0.15, 0.2) is 29.3 Å². The number of ether oxygens (including phenoxy) is 1. The van der Waals surface area contributed by atoms with Gasteiger partial charge >= 0.3 is 0 Å². The van der Waals surface area contributed by atoms with Gasteiger partial charge < -0.3 is 10.1 Å².